The fourth-order valence-electron chi connectivity index (χ4n) is 1.88. The summed E-state index contributed by atoms with van der Waals surface area (Å²) in [6.45, 7) is 0. The Hall–Kier alpha value is -2.80. The third-order valence-corrected chi connectivity index (χ3v) is 3.81. The molecule has 3 rings (SSSR count). The fraction of sp³-hybridized carbons (Fsp3) is 0.0769. The first-order valence-electron chi connectivity index (χ1n) is 6.04. The average Bonchev–Trinajstić information content (AvgIpc) is 3.14. The molecule has 0 amide bonds. The van der Waals surface area contributed by atoms with Gasteiger partial charge in [0.15, 0.2) is 5.69 Å². The van der Waals surface area contributed by atoms with Crippen molar-refractivity contribution in [2.24, 2.45) is 0 Å². The maximum Gasteiger partial charge on any atom is 0.419 e. The molecule has 1 aromatic carbocycles. The van der Waals surface area contributed by atoms with Crippen molar-refractivity contribution in [2.75, 3.05) is 0 Å². The number of hydrogen-bond acceptors (Lipinski definition) is 5. The summed E-state index contributed by atoms with van der Waals surface area (Å²) in [6.07, 6.45) is -4.79. The molecule has 0 unspecified atom stereocenters. The first kappa shape index (κ1) is 15.1. The van der Waals surface area contributed by atoms with Crippen molar-refractivity contribution in [3.05, 3.63) is 40.7 Å². The molecular weight excluding hydrogens is 334 g/mol. The predicted octanol–water partition coefficient (Wildman–Crippen LogP) is 3.62. The van der Waals surface area contributed by atoms with Gasteiger partial charge in [-0.25, -0.2) is 9.37 Å². The van der Waals surface area contributed by atoms with Crippen LogP contribution in [0.2, 0.25) is 0 Å². The molecule has 0 atom stereocenters. The van der Waals surface area contributed by atoms with Gasteiger partial charge < -0.3 is 0 Å². The van der Waals surface area contributed by atoms with E-state index in [1.807, 2.05) is 6.07 Å². The van der Waals surface area contributed by atoms with E-state index in [2.05, 4.69) is 20.4 Å². The van der Waals surface area contributed by atoms with E-state index in [1.54, 1.807) is 0 Å². The number of hydrogen-bond donors (Lipinski definition) is 1. The first-order valence-corrected chi connectivity index (χ1v) is 6.92. The van der Waals surface area contributed by atoms with E-state index in [-0.39, 0.29) is 22.0 Å². The number of nitrogens with zero attached hydrogens (tertiary/aromatic N) is 4. The van der Waals surface area contributed by atoms with Gasteiger partial charge in [0.1, 0.15) is 28.3 Å². The summed E-state index contributed by atoms with van der Waals surface area (Å²) >= 11 is 1.05. The zero-order chi connectivity index (χ0) is 16.6. The van der Waals surface area contributed by atoms with Gasteiger partial charge in [-0.3, -0.25) is 0 Å². The Kier molecular flexibility index (Phi) is 3.57. The second-order valence-electron chi connectivity index (χ2n) is 4.36. The van der Waals surface area contributed by atoms with Gasteiger partial charge in [0.05, 0.1) is 5.56 Å². The number of alkyl halides is 3. The minimum absolute atomic E-state index is 0.0249. The van der Waals surface area contributed by atoms with Gasteiger partial charge >= 0.3 is 6.18 Å². The highest BCUT2D eigenvalue weighted by Gasteiger charge is 2.34. The Bertz CT molecular complexity index is 906. The van der Waals surface area contributed by atoms with Crippen LogP contribution < -0.4 is 0 Å². The van der Waals surface area contributed by atoms with Crippen LogP contribution in [0.1, 0.15) is 11.3 Å². The molecule has 0 saturated heterocycles. The summed E-state index contributed by atoms with van der Waals surface area (Å²) in [5, 5.41) is 20.3. The lowest BCUT2D eigenvalue weighted by molar-refractivity contribution is -0.139. The van der Waals surface area contributed by atoms with Crippen molar-refractivity contribution in [3.63, 3.8) is 0 Å². The van der Waals surface area contributed by atoms with Gasteiger partial charge in [0, 0.05) is 10.9 Å². The summed E-state index contributed by atoms with van der Waals surface area (Å²) in [5.41, 5.74) is -0.707. The topological polar surface area (TPSA) is 78.2 Å². The largest absolute Gasteiger partial charge is 0.419 e. The number of thiazole rings is 1. The van der Waals surface area contributed by atoms with E-state index in [4.69, 9.17) is 5.26 Å². The monoisotopic (exact) mass is 339 g/mol. The smallest absolute Gasteiger partial charge is 0.234 e. The lowest BCUT2D eigenvalue weighted by Gasteiger charge is -2.08. The van der Waals surface area contributed by atoms with Crippen LogP contribution in [0, 0.1) is 17.1 Å². The van der Waals surface area contributed by atoms with E-state index in [1.165, 1.54) is 11.4 Å². The third-order valence-electron chi connectivity index (χ3n) is 2.92. The van der Waals surface area contributed by atoms with Crippen molar-refractivity contribution >= 4 is 11.3 Å². The quantitative estimate of drug-likeness (QED) is 0.723. The number of rotatable bonds is 2. The molecule has 0 radical (unpaired) electrons. The Morgan fingerprint density at radius 2 is 2.00 bits per heavy atom. The number of halogens is 4. The number of aromatic amines is 1. The molecule has 0 fully saturated rings. The van der Waals surface area contributed by atoms with Gasteiger partial charge in [-0.2, -0.15) is 28.7 Å². The van der Waals surface area contributed by atoms with Crippen molar-refractivity contribution in [2.45, 2.75) is 6.18 Å². The minimum atomic E-state index is -4.79. The summed E-state index contributed by atoms with van der Waals surface area (Å²) in [5.74, 6) is -1.35. The van der Waals surface area contributed by atoms with Crippen molar-refractivity contribution in [3.8, 4) is 28.0 Å². The maximum absolute atomic E-state index is 13.3. The standard InChI is InChI=1S/C13H5F4N5S/c14-8-2-1-6(3-7(8)13(15,16)17)12-19-10(5-23-12)11-9(4-18)20-22-21-11/h1-3,5H,(H,20,21,22). The summed E-state index contributed by atoms with van der Waals surface area (Å²) in [4.78, 5) is 4.14. The van der Waals surface area contributed by atoms with Gasteiger partial charge in [0.2, 0.25) is 0 Å². The zero-order valence-electron chi connectivity index (χ0n) is 11.0. The summed E-state index contributed by atoms with van der Waals surface area (Å²) in [6, 6.07) is 4.48. The first-order chi connectivity index (χ1) is 10.9. The van der Waals surface area contributed by atoms with E-state index in [0.29, 0.717) is 11.8 Å². The molecule has 116 valence electrons. The van der Waals surface area contributed by atoms with Crippen molar-refractivity contribution < 1.29 is 17.6 Å². The Morgan fingerprint density at radius 3 is 2.70 bits per heavy atom. The molecule has 0 saturated carbocycles. The van der Waals surface area contributed by atoms with Crippen LogP contribution >= 0.6 is 11.3 Å². The highest BCUT2D eigenvalue weighted by molar-refractivity contribution is 7.13. The highest BCUT2D eigenvalue weighted by Crippen LogP contribution is 2.35. The van der Waals surface area contributed by atoms with Crippen LogP contribution in [0.25, 0.3) is 22.0 Å². The number of H-pyrrole nitrogens is 1. The van der Waals surface area contributed by atoms with Crippen molar-refractivity contribution in [1.29, 1.82) is 5.26 Å². The Morgan fingerprint density at radius 1 is 1.22 bits per heavy atom. The lowest BCUT2D eigenvalue weighted by atomic mass is 10.1. The lowest BCUT2D eigenvalue weighted by Crippen LogP contribution is -2.08. The van der Waals surface area contributed by atoms with Crippen LogP contribution in [0.5, 0.6) is 0 Å². The van der Waals surface area contributed by atoms with Crippen LogP contribution in [0.4, 0.5) is 17.6 Å². The molecule has 0 aliphatic carbocycles. The van der Waals surface area contributed by atoms with Gasteiger partial charge in [-0.1, -0.05) is 0 Å². The van der Waals surface area contributed by atoms with Crippen LogP contribution in [0.3, 0.4) is 0 Å². The molecular formula is C13H5F4N5S. The second-order valence-corrected chi connectivity index (χ2v) is 5.22. The van der Waals surface area contributed by atoms with Gasteiger partial charge in [-0.15, -0.1) is 16.4 Å². The van der Waals surface area contributed by atoms with Crippen LogP contribution in [0.15, 0.2) is 23.6 Å². The minimum Gasteiger partial charge on any atom is -0.234 e. The number of nitriles is 1. The molecule has 0 spiro atoms. The third kappa shape index (κ3) is 2.78. The van der Waals surface area contributed by atoms with E-state index >= 15 is 0 Å². The zero-order valence-corrected chi connectivity index (χ0v) is 11.8. The molecule has 1 N–H and O–H groups in total. The van der Waals surface area contributed by atoms with E-state index in [0.717, 1.165) is 17.4 Å². The summed E-state index contributed by atoms with van der Waals surface area (Å²) in [7, 11) is 0. The second kappa shape index (κ2) is 5.44. The molecule has 0 aliphatic heterocycles. The van der Waals surface area contributed by atoms with Gasteiger partial charge in [0.25, 0.3) is 0 Å². The molecule has 0 aliphatic rings. The average molecular weight is 339 g/mol. The SMILES string of the molecule is N#Cc1n[nH]nc1-c1csc(-c2ccc(F)c(C(F)(F)F)c2)n1. The molecule has 0 bridgehead atoms. The van der Waals surface area contributed by atoms with Crippen LogP contribution in [-0.2, 0) is 6.18 Å². The highest BCUT2D eigenvalue weighted by atomic mass is 32.1. The number of nitrogens with one attached hydrogen (secondary N) is 1. The predicted molar refractivity (Wildman–Crippen MR) is 72.6 cm³/mol. The van der Waals surface area contributed by atoms with E-state index < -0.39 is 17.6 Å². The molecule has 5 nitrogen and oxygen atoms in total. The number of benzene rings is 1. The molecule has 3 aromatic rings. The summed E-state index contributed by atoms with van der Waals surface area (Å²) < 4.78 is 51.6. The maximum atomic E-state index is 13.3. The molecule has 10 heteroatoms. The van der Waals surface area contributed by atoms with E-state index in [9.17, 15) is 17.6 Å². The Labute approximate surface area is 130 Å². The normalized spacial score (nSPS) is 11.4. The number of aromatic nitrogens is 4. The van der Waals surface area contributed by atoms with Gasteiger partial charge in [-0.05, 0) is 18.2 Å². The van der Waals surface area contributed by atoms with Crippen molar-refractivity contribution in [1.82, 2.24) is 20.4 Å². The van der Waals surface area contributed by atoms with Crippen LogP contribution in [-0.4, -0.2) is 20.4 Å². The molecule has 2 aromatic heterocycles. The molecule has 23 heavy (non-hydrogen) atoms. The fourth-order valence-corrected chi connectivity index (χ4v) is 2.68. The Balaban J connectivity index is 2.03. The molecule has 2 heterocycles.